The van der Waals surface area contributed by atoms with Crippen LogP contribution in [-0.4, -0.2) is 47.3 Å². The molecule has 2 aromatic carbocycles. The van der Waals surface area contributed by atoms with Gasteiger partial charge in [-0.2, -0.15) is 0 Å². The van der Waals surface area contributed by atoms with E-state index in [0.717, 1.165) is 31.7 Å². The van der Waals surface area contributed by atoms with Crippen LogP contribution in [0.1, 0.15) is 29.9 Å². The first-order valence-corrected chi connectivity index (χ1v) is 10.1. The fourth-order valence-electron chi connectivity index (χ4n) is 4.07. The molecule has 1 aliphatic heterocycles. The van der Waals surface area contributed by atoms with Crippen LogP contribution in [0, 0.1) is 6.92 Å². The number of aliphatic hydroxyl groups is 1. The molecule has 0 saturated carbocycles. The lowest BCUT2D eigenvalue weighted by atomic mass is 9.87. The summed E-state index contributed by atoms with van der Waals surface area (Å²) in [6, 6.07) is 16.4. The highest BCUT2D eigenvalue weighted by Crippen LogP contribution is 2.32. The van der Waals surface area contributed by atoms with Gasteiger partial charge in [-0.25, -0.2) is 0 Å². The first kappa shape index (κ1) is 18.9. The van der Waals surface area contributed by atoms with Crippen LogP contribution in [0.2, 0.25) is 0 Å². The summed E-state index contributed by atoms with van der Waals surface area (Å²) < 4.78 is 5.72. The second-order valence-corrected chi connectivity index (χ2v) is 7.80. The lowest BCUT2D eigenvalue weighted by Crippen LogP contribution is -2.40. The lowest BCUT2D eigenvalue weighted by Gasteiger charge is -2.33. The number of ether oxygens (including phenoxy) is 1. The van der Waals surface area contributed by atoms with Gasteiger partial charge in [-0.15, -0.1) is 0 Å². The van der Waals surface area contributed by atoms with E-state index in [9.17, 15) is 5.11 Å². The predicted octanol–water partition coefficient (Wildman–Crippen LogP) is 4.16. The van der Waals surface area contributed by atoms with Gasteiger partial charge in [-0.3, -0.25) is 4.98 Å². The van der Waals surface area contributed by atoms with Crippen molar-refractivity contribution < 1.29 is 9.84 Å². The summed E-state index contributed by atoms with van der Waals surface area (Å²) in [7, 11) is 0. The summed E-state index contributed by atoms with van der Waals surface area (Å²) in [5, 5.41) is 12.9. The van der Waals surface area contributed by atoms with E-state index in [1.54, 1.807) is 0 Å². The van der Waals surface area contributed by atoms with Crippen molar-refractivity contribution >= 4 is 10.8 Å². The molecule has 28 heavy (non-hydrogen) atoms. The molecule has 1 fully saturated rings. The number of aromatic nitrogens is 1. The second kappa shape index (κ2) is 8.72. The van der Waals surface area contributed by atoms with Gasteiger partial charge in [0, 0.05) is 24.3 Å². The number of aliphatic hydroxyl groups excluding tert-OH is 1. The minimum atomic E-state index is -0.475. The Bertz CT molecular complexity index is 897. The van der Waals surface area contributed by atoms with Gasteiger partial charge < -0.3 is 14.7 Å². The highest BCUT2D eigenvalue weighted by Gasteiger charge is 2.23. The van der Waals surface area contributed by atoms with E-state index < -0.39 is 6.10 Å². The maximum Gasteiger partial charge on any atom is 0.119 e. The molecule has 4 nitrogen and oxygen atoms in total. The number of hydrogen-bond donors (Lipinski definition) is 1. The van der Waals surface area contributed by atoms with Gasteiger partial charge in [0.1, 0.15) is 18.5 Å². The van der Waals surface area contributed by atoms with Crippen LogP contribution in [0.25, 0.3) is 10.8 Å². The van der Waals surface area contributed by atoms with Gasteiger partial charge in [-0.1, -0.05) is 42.0 Å². The van der Waals surface area contributed by atoms with Crippen molar-refractivity contribution in [2.45, 2.75) is 31.8 Å². The van der Waals surface area contributed by atoms with Crippen LogP contribution >= 0.6 is 0 Å². The first-order chi connectivity index (χ1) is 13.7. The number of β-amino-alcohol motifs (C(OH)–C–C–N with tert-alkyl or cyclic N) is 1. The number of hydrogen-bond acceptors (Lipinski definition) is 4. The SMILES string of the molecule is Cc1ccc(OC[C@@H](O)CN2CCC(c3cncc4ccccc34)CC2)cc1. The lowest BCUT2D eigenvalue weighted by molar-refractivity contribution is 0.0595. The molecule has 1 N–H and O–H groups in total. The van der Waals surface area contributed by atoms with E-state index in [2.05, 4.69) is 41.1 Å². The number of likely N-dealkylation sites (tertiary alicyclic amines) is 1. The van der Waals surface area contributed by atoms with Crippen LogP contribution in [0.3, 0.4) is 0 Å². The molecule has 1 atom stereocenters. The Balaban J connectivity index is 1.28. The van der Waals surface area contributed by atoms with Gasteiger partial charge in [0.2, 0.25) is 0 Å². The van der Waals surface area contributed by atoms with Crippen molar-refractivity contribution in [1.82, 2.24) is 9.88 Å². The van der Waals surface area contributed by atoms with Gasteiger partial charge in [0.25, 0.3) is 0 Å². The largest absolute Gasteiger partial charge is 0.491 e. The number of piperidine rings is 1. The topological polar surface area (TPSA) is 45.6 Å². The molecule has 0 unspecified atom stereocenters. The molecule has 0 radical (unpaired) electrons. The third-order valence-electron chi connectivity index (χ3n) is 5.66. The smallest absolute Gasteiger partial charge is 0.119 e. The zero-order valence-electron chi connectivity index (χ0n) is 16.4. The predicted molar refractivity (Wildman–Crippen MR) is 113 cm³/mol. The van der Waals surface area contributed by atoms with Crippen LogP contribution in [0.4, 0.5) is 0 Å². The van der Waals surface area contributed by atoms with Crippen LogP contribution < -0.4 is 4.74 Å². The molecule has 0 amide bonds. The maximum absolute atomic E-state index is 10.4. The number of nitrogens with zero attached hydrogens (tertiary/aromatic N) is 2. The monoisotopic (exact) mass is 376 g/mol. The summed E-state index contributed by atoms with van der Waals surface area (Å²) in [5.41, 5.74) is 2.57. The first-order valence-electron chi connectivity index (χ1n) is 10.1. The Kier molecular flexibility index (Phi) is 5.89. The zero-order chi connectivity index (χ0) is 19.3. The Morgan fingerprint density at radius 1 is 1.07 bits per heavy atom. The average Bonchev–Trinajstić information content (AvgIpc) is 2.73. The average molecular weight is 377 g/mol. The van der Waals surface area contributed by atoms with Crippen molar-refractivity contribution in [3.05, 3.63) is 72.1 Å². The number of fused-ring (bicyclic) bond motifs is 1. The normalized spacial score (nSPS) is 16.9. The molecule has 0 bridgehead atoms. The molecular weight excluding hydrogens is 348 g/mol. The molecule has 2 heterocycles. The van der Waals surface area contributed by atoms with Gasteiger partial charge in [0.05, 0.1) is 0 Å². The highest BCUT2D eigenvalue weighted by atomic mass is 16.5. The Hall–Kier alpha value is -2.43. The van der Waals surface area contributed by atoms with Crippen LogP contribution in [0.5, 0.6) is 5.75 Å². The molecule has 3 aromatic rings. The summed E-state index contributed by atoms with van der Waals surface area (Å²) in [4.78, 5) is 6.79. The van der Waals surface area contributed by atoms with Crippen molar-refractivity contribution in [3.63, 3.8) is 0 Å². The third kappa shape index (κ3) is 4.51. The molecule has 146 valence electrons. The van der Waals surface area contributed by atoms with Crippen molar-refractivity contribution in [2.24, 2.45) is 0 Å². The molecule has 1 saturated heterocycles. The number of rotatable bonds is 6. The van der Waals surface area contributed by atoms with E-state index in [-0.39, 0.29) is 0 Å². The Morgan fingerprint density at radius 3 is 2.61 bits per heavy atom. The molecule has 4 rings (SSSR count). The highest BCUT2D eigenvalue weighted by molar-refractivity contribution is 5.85. The van der Waals surface area contributed by atoms with Crippen molar-refractivity contribution in [3.8, 4) is 5.75 Å². The molecule has 1 aromatic heterocycles. The Morgan fingerprint density at radius 2 is 1.82 bits per heavy atom. The summed E-state index contributed by atoms with van der Waals surface area (Å²) in [6.07, 6.45) is 5.70. The standard InChI is InChI=1S/C24H28N2O2/c1-18-6-8-22(9-7-18)28-17-21(27)16-26-12-10-19(11-13-26)24-15-25-14-20-4-2-3-5-23(20)24/h2-9,14-15,19,21,27H,10-13,16-17H2,1H3/t21-/m0/s1. The fraction of sp³-hybridized carbons (Fsp3) is 0.375. The second-order valence-electron chi connectivity index (χ2n) is 7.80. The molecule has 1 aliphatic rings. The number of aryl methyl sites for hydroxylation is 1. The third-order valence-corrected chi connectivity index (χ3v) is 5.66. The molecule has 4 heteroatoms. The van der Waals surface area contributed by atoms with E-state index >= 15 is 0 Å². The van der Waals surface area contributed by atoms with E-state index in [1.807, 2.05) is 36.7 Å². The molecular formula is C24H28N2O2. The quantitative estimate of drug-likeness (QED) is 0.702. The zero-order valence-corrected chi connectivity index (χ0v) is 16.4. The van der Waals surface area contributed by atoms with Gasteiger partial charge in [0.15, 0.2) is 0 Å². The minimum absolute atomic E-state index is 0.330. The summed E-state index contributed by atoms with van der Waals surface area (Å²) in [5.74, 6) is 1.35. The number of pyridine rings is 1. The van der Waals surface area contributed by atoms with Crippen LogP contribution in [-0.2, 0) is 0 Å². The van der Waals surface area contributed by atoms with Crippen LogP contribution in [0.15, 0.2) is 60.9 Å². The van der Waals surface area contributed by atoms with Gasteiger partial charge in [-0.05, 0) is 61.9 Å². The fourth-order valence-corrected chi connectivity index (χ4v) is 4.07. The summed E-state index contributed by atoms with van der Waals surface area (Å²) >= 11 is 0. The number of benzene rings is 2. The van der Waals surface area contributed by atoms with E-state index in [1.165, 1.54) is 21.9 Å². The Labute approximate surface area is 166 Å². The molecule has 0 spiro atoms. The van der Waals surface area contributed by atoms with Crippen molar-refractivity contribution in [2.75, 3.05) is 26.2 Å². The minimum Gasteiger partial charge on any atom is -0.491 e. The maximum atomic E-state index is 10.4. The summed E-state index contributed by atoms with van der Waals surface area (Å²) in [6.45, 7) is 5.03. The molecule has 0 aliphatic carbocycles. The van der Waals surface area contributed by atoms with E-state index in [4.69, 9.17) is 4.74 Å². The van der Waals surface area contributed by atoms with E-state index in [0.29, 0.717) is 19.1 Å². The van der Waals surface area contributed by atoms with Gasteiger partial charge >= 0.3 is 0 Å². The van der Waals surface area contributed by atoms with Crippen molar-refractivity contribution in [1.29, 1.82) is 0 Å².